The van der Waals surface area contributed by atoms with Gasteiger partial charge in [0, 0.05) is 6.07 Å². The summed E-state index contributed by atoms with van der Waals surface area (Å²) in [6.07, 6.45) is 1.47. The molecule has 0 atom stereocenters. The minimum atomic E-state index is 0.230. The molecule has 56 valence electrons. The van der Waals surface area contributed by atoms with Crippen molar-refractivity contribution in [1.82, 2.24) is 4.98 Å². The van der Waals surface area contributed by atoms with Gasteiger partial charge in [0.15, 0.2) is 0 Å². The number of ether oxygens (including phenoxy) is 1. The average Bonchev–Trinajstić information content (AvgIpc) is 2.05. The Morgan fingerprint density at radius 1 is 1.73 bits per heavy atom. The molecule has 1 heterocycles. The zero-order valence-corrected chi connectivity index (χ0v) is 6.03. The number of aromatic nitrogens is 1. The molecule has 0 amide bonds. The van der Waals surface area contributed by atoms with Crippen molar-refractivity contribution in [3.05, 3.63) is 17.8 Å². The van der Waals surface area contributed by atoms with Crippen LogP contribution in [0.15, 0.2) is 12.3 Å². The van der Waals surface area contributed by atoms with Crippen LogP contribution in [0.5, 0.6) is 5.75 Å². The van der Waals surface area contributed by atoms with Crippen molar-refractivity contribution in [3.8, 4) is 11.8 Å². The standard InChI is InChI=1S/C7H7N3O/c1-11-6-2-5(3-8)7(9)10-4-6/h2,4H,1H3,(H2,9,10). The van der Waals surface area contributed by atoms with Gasteiger partial charge in [0.05, 0.1) is 18.9 Å². The average molecular weight is 149 g/mol. The van der Waals surface area contributed by atoms with Gasteiger partial charge in [0.25, 0.3) is 0 Å². The molecule has 0 saturated carbocycles. The van der Waals surface area contributed by atoms with E-state index in [-0.39, 0.29) is 5.82 Å². The summed E-state index contributed by atoms with van der Waals surface area (Å²) >= 11 is 0. The Morgan fingerprint density at radius 3 is 3.00 bits per heavy atom. The Morgan fingerprint density at radius 2 is 2.45 bits per heavy atom. The lowest BCUT2D eigenvalue weighted by Crippen LogP contribution is -1.95. The summed E-state index contributed by atoms with van der Waals surface area (Å²) in [6.45, 7) is 0. The van der Waals surface area contributed by atoms with Gasteiger partial charge in [0.2, 0.25) is 0 Å². The van der Waals surface area contributed by atoms with Crippen molar-refractivity contribution in [2.24, 2.45) is 0 Å². The van der Waals surface area contributed by atoms with Crippen LogP contribution in [0, 0.1) is 11.3 Å². The number of nitrogens with two attached hydrogens (primary N) is 1. The van der Waals surface area contributed by atoms with E-state index in [1.807, 2.05) is 6.07 Å². The van der Waals surface area contributed by atoms with Crippen molar-refractivity contribution in [2.45, 2.75) is 0 Å². The number of nitrogens with zero attached hydrogens (tertiary/aromatic N) is 2. The van der Waals surface area contributed by atoms with Gasteiger partial charge < -0.3 is 10.5 Å². The molecule has 4 nitrogen and oxygen atoms in total. The smallest absolute Gasteiger partial charge is 0.141 e. The lowest BCUT2D eigenvalue weighted by molar-refractivity contribution is 0.413. The number of anilines is 1. The zero-order valence-electron chi connectivity index (χ0n) is 6.03. The molecular weight excluding hydrogens is 142 g/mol. The maximum atomic E-state index is 8.51. The fourth-order valence-electron chi connectivity index (χ4n) is 0.657. The van der Waals surface area contributed by atoms with Gasteiger partial charge in [-0.2, -0.15) is 5.26 Å². The first-order valence-electron chi connectivity index (χ1n) is 2.97. The molecule has 0 aliphatic heterocycles. The maximum absolute atomic E-state index is 8.51. The van der Waals surface area contributed by atoms with E-state index in [1.54, 1.807) is 6.07 Å². The highest BCUT2D eigenvalue weighted by molar-refractivity contribution is 5.50. The van der Waals surface area contributed by atoms with Gasteiger partial charge in [-0.1, -0.05) is 0 Å². The van der Waals surface area contributed by atoms with Crippen LogP contribution in [0.1, 0.15) is 5.56 Å². The van der Waals surface area contributed by atoms with Crippen LogP contribution < -0.4 is 10.5 Å². The molecule has 1 aromatic heterocycles. The number of nitriles is 1. The lowest BCUT2D eigenvalue weighted by Gasteiger charge is -1.99. The summed E-state index contributed by atoms with van der Waals surface area (Å²) in [5.74, 6) is 0.768. The van der Waals surface area contributed by atoms with E-state index in [2.05, 4.69) is 4.98 Å². The molecule has 0 radical (unpaired) electrons. The Bertz CT molecular complexity index is 303. The number of hydrogen-bond donors (Lipinski definition) is 1. The summed E-state index contributed by atoms with van der Waals surface area (Å²) in [6, 6.07) is 3.45. The number of hydrogen-bond acceptors (Lipinski definition) is 4. The monoisotopic (exact) mass is 149 g/mol. The highest BCUT2D eigenvalue weighted by Crippen LogP contribution is 2.14. The molecular formula is C7H7N3O. The molecule has 0 bridgehead atoms. The third-order valence-electron chi connectivity index (χ3n) is 1.25. The molecule has 11 heavy (non-hydrogen) atoms. The van der Waals surface area contributed by atoms with E-state index < -0.39 is 0 Å². The van der Waals surface area contributed by atoms with Gasteiger partial charge in [-0.15, -0.1) is 0 Å². The van der Waals surface area contributed by atoms with E-state index in [4.69, 9.17) is 15.7 Å². The van der Waals surface area contributed by atoms with Crippen molar-refractivity contribution >= 4 is 5.82 Å². The normalized spacial score (nSPS) is 8.73. The number of nitrogen functional groups attached to an aromatic ring is 1. The van der Waals surface area contributed by atoms with Crippen LogP contribution in [0.4, 0.5) is 5.82 Å². The number of pyridine rings is 1. The minimum Gasteiger partial charge on any atom is -0.495 e. The SMILES string of the molecule is COc1cnc(N)c(C#N)c1. The van der Waals surface area contributed by atoms with Gasteiger partial charge in [-0.25, -0.2) is 4.98 Å². The molecule has 0 unspecified atom stereocenters. The predicted molar refractivity (Wildman–Crippen MR) is 39.9 cm³/mol. The van der Waals surface area contributed by atoms with E-state index in [0.717, 1.165) is 0 Å². The molecule has 0 saturated heterocycles. The first-order chi connectivity index (χ1) is 5.27. The summed E-state index contributed by atoms with van der Waals surface area (Å²) < 4.78 is 4.84. The second-order valence-corrected chi connectivity index (χ2v) is 1.92. The Kier molecular flexibility index (Phi) is 1.93. The summed E-state index contributed by atoms with van der Waals surface area (Å²) in [5.41, 5.74) is 5.70. The predicted octanol–water partition coefficient (Wildman–Crippen LogP) is 0.544. The summed E-state index contributed by atoms with van der Waals surface area (Å²) in [7, 11) is 1.51. The molecule has 0 aliphatic rings. The zero-order chi connectivity index (χ0) is 8.27. The maximum Gasteiger partial charge on any atom is 0.141 e. The van der Waals surface area contributed by atoms with Crippen LogP contribution in [-0.2, 0) is 0 Å². The third kappa shape index (κ3) is 1.38. The van der Waals surface area contributed by atoms with E-state index >= 15 is 0 Å². The Balaban J connectivity index is 3.15. The second-order valence-electron chi connectivity index (χ2n) is 1.92. The molecule has 4 heteroatoms. The van der Waals surface area contributed by atoms with Gasteiger partial charge >= 0.3 is 0 Å². The van der Waals surface area contributed by atoms with Crippen LogP contribution in [0.2, 0.25) is 0 Å². The number of rotatable bonds is 1. The third-order valence-corrected chi connectivity index (χ3v) is 1.25. The fourth-order valence-corrected chi connectivity index (χ4v) is 0.657. The number of methoxy groups -OCH3 is 1. The molecule has 0 spiro atoms. The molecule has 2 N–H and O–H groups in total. The first-order valence-corrected chi connectivity index (χ1v) is 2.97. The van der Waals surface area contributed by atoms with Gasteiger partial charge in [-0.05, 0) is 0 Å². The Labute approximate surface area is 64.2 Å². The fraction of sp³-hybridized carbons (Fsp3) is 0.143. The van der Waals surface area contributed by atoms with Crippen molar-refractivity contribution < 1.29 is 4.74 Å². The van der Waals surface area contributed by atoms with Crippen LogP contribution in [0.25, 0.3) is 0 Å². The highest BCUT2D eigenvalue weighted by Gasteiger charge is 1.99. The highest BCUT2D eigenvalue weighted by atomic mass is 16.5. The van der Waals surface area contributed by atoms with Crippen LogP contribution >= 0.6 is 0 Å². The van der Waals surface area contributed by atoms with Gasteiger partial charge in [0.1, 0.15) is 17.6 Å². The Hall–Kier alpha value is -1.76. The van der Waals surface area contributed by atoms with Crippen molar-refractivity contribution in [3.63, 3.8) is 0 Å². The second kappa shape index (κ2) is 2.88. The van der Waals surface area contributed by atoms with E-state index in [1.165, 1.54) is 13.3 Å². The van der Waals surface area contributed by atoms with Gasteiger partial charge in [-0.3, -0.25) is 0 Å². The topological polar surface area (TPSA) is 71.9 Å². The molecule has 0 aromatic carbocycles. The van der Waals surface area contributed by atoms with E-state index in [9.17, 15) is 0 Å². The van der Waals surface area contributed by atoms with Crippen LogP contribution in [0.3, 0.4) is 0 Å². The largest absolute Gasteiger partial charge is 0.495 e. The molecule has 1 aromatic rings. The first kappa shape index (κ1) is 7.35. The van der Waals surface area contributed by atoms with Crippen molar-refractivity contribution in [2.75, 3.05) is 12.8 Å². The quantitative estimate of drug-likeness (QED) is 0.632. The molecule has 1 rings (SSSR count). The molecule has 0 aliphatic carbocycles. The summed E-state index contributed by atoms with van der Waals surface area (Å²) in [4.78, 5) is 3.75. The lowest BCUT2D eigenvalue weighted by atomic mass is 10.3. The van der Waals surface area contributed by atoms with Crippen LogP contribution in [-0.4, -0.2) is 12.1 Å². The minimum absolute atomic E-state index is 0.230. The van der Waals surface area contributed by atoms with Crippen molar-refractivity contribution in [1.29, 1.82) is 5.26 Å². The van der Waals surface area contributed by atoms with E-state index in [0.29, 0.717) is 11.3 Å². The molecule has 0 fully saturated rings. The summed E-state index contributed by atoms with van der Waals surface area (Å²) in [5, 5.41) is 8.51.